The number of nitrogens with zero attached hydrogens (tertiary/aromatic N) is 1. The van der Waals surface area contributed by atoms with Crippen molar-refractivity contribution in [2.24, 2.45) is 0 Å². The minimum atomic E-state index is -0.251. The van der Waals surface area contributed by atoms with E-state index in [2.05, 4.69) is 12.2 Å². The molecule has 2 aliphatic rings. The van der Waals surface area contributed by atoms with Crippen molar-refractivity contribution >= 4 is 17.5 Å². The van der Waals surface area contributed by atoms with Gasteiger partial charge in [0.05, 0.1) is 12.6 Å². The molecule has 0 aliphatic carbocycles. The van der Waals surface area contributed by atoms with Gasteiger partial charge in [-0.3, -0.25) is 9.59 Å². The molecular weight excluding hydrogens is 384 g/mol. The van der Waals surface area contributed by atoms with Crippen molar-refractivity contribution in [3.05, 3.63) is 48.0 Å². The van der Waals surface area contributed by atoms with Crippen molar-refractivity contribution in [2.45, 2.75) is 32.2 Å². The Kier molecular flexibility index (Phi) is 6.07. The van der Waals surface area contributed by atoms with Gasteiger partial charge >= 0.3 is 0 Å². The van der Waals surface area contributed by atoms with Crippen molar-refractivity contribution < 1.29 is 23.8 Å². The third-order valence-electron chi connectivity index (χ3n) is 5.18. The van der Waals surface area contributed by atoms with Crippen molar-refractivity contribution in [1.29, 1.82) is 0 Å². The van der Waals surface area contributed by atoms with Gasteiger partial charge in [-0.2, -0.15) is 0 Å². The van der Waals surface area contributed by atoms with Gasteiger partial charge in [0.1, 0.15) is 19.0 Å². The fourth-order valence-electron chi connectivity index (χ4n) is 3.56. The van der Waals surface area contributed by atoms with Crippen molar-refractivity contribution in [3.63, 3.8) is 0 Å². The topological polar surface area (TPSA) is 77.1 Å². The van der Waals surface area contributed by atoms with Crippen LogP contribution in [0.3, 0.4) is 0 Å². The normalized spacial score (nSPS) is 17.7. The van der Waals surface area contributed by atoms with Crippen LogP contribution in [-0.4, -0.2) is 44.2 Å². The molecule has 1 saturated heterocycles. The van der Waals surface area contributed by atoms with E-state index in [4.69, 9.17) is 14.2 Å². The summed E-state index contributed by atoms with van der Waals surface area (Å²) in [6.45, 7) is 4.21. The molecule has 0 aromatic heterocycles. The number of benzene rings is 2. The number of ether oxygens (including phenoxy) is 3. The van der Waals surface area contributed by atoms with Crippen molar-refractivity contribution in [3.8, 4) is 17.2 Å². The van der Waals surface area contributed by atoms with Gasteiger partial charge in [-0.25, -0.2) is 0 Å². The molecule has 7 nitrogen and oxygen atoms in total. The molecule has 1 N–H and O–H groups in total. The summed E-state index contributed by atoms with van der Waals surface area (Å²) in [4.78, 5) is 26.8. The van der Waals surface area contributed by atoms with Crippen LogP contribution in [0.2, 0.25) is 0 Å². The van der Waals surface area contributed by atoms with E-state index in [0.29, 0.717) is 43.4 Å². The number of fused-ring (bicyclic) bond motifs is 1. The number of anilines is 1. The quantitative estimate of drug-likeness (QED) is 0.710. The monoisotopic (exact) mass is 410 g/mol. The molecule has 30 heavy (non-hydrogen) atoms. The number of nitrogens with one attached hydrogen (secondary N) is 1. The van der Waals surface area contributed by atoms with E-state index in [0.717, 1.165) is 24.3 Å². The molecule has 2 amide bonds. The molecule has 158 valence electrons. The van der Waals surface area contributed by atoms with E-state index in [9.17, 15) is 9.59 Å². The lowest BCUT2D eigenvalue weighted by Gasteiger charge is -2.22. The highest BCUT2D eigenvalue weighted by atomic mass is 16.6. The first-order chi connectivity index (χ1) is 14.6. The molecule has 0 bridgehead atoms. The van der Waals surface area contributed by atoms with Crippen LogP contribution in [-0.2, 0) is 4.79 Å². The zero-order valence-corrected chi connectivity index (χ0v) is 17.1. The van der Waals surface area contributed by atoms with Gasteiger partial charge in [0.15, 0.2) is 11.5 Å². The van der Waals surface area contributed by atoms with Crippen LogP contribution in [0.15, 0.2) is 42.5 Å². The lowest BCUT2D eigenvalue weighted by Crippen LogP contribution is -2.37. The summed E-state index contributed by atoms with van der Waals surface area (Å²) < 4.78 is 16.8. The number of carbonyl (C=O) groups excluding carboxylic acids is 2. The summed E-state index contributed by atoms with van der Waals surface area (Å²) in [6, 6.07) is 12.3. The molecule has 2 aromatic rings. The Labute approximate surface area is 175 Å². The lowest BCUT2D eigenvalue weighted by atomic mass is 10.1. The zero-order valence-electron chi connectivity index (χ0n) is 17.1. The average Bonchev–Trinajstić information content (AvgIpc) is 3.14. The molecule has 0 saturated carbocycles. The molecule has 1 unspecified atom stereocenters. The maximum atomic E-state index is 12.6. The van der Waals surface area contributed by atoms with Crippen LogP contribution in [0.5, 0.6) is 17.2 Å². The Hall–Kier alpha value is -3.22. The molecule has 4 rings (SSSR count). The van der Waals surface area contributed by atoms with E-state index in [1.165, 1.54) is 0 Å². The Bertz CT molecular complexity index is 912. The molecule has 1 atom stereocenters. The summed E-state index contributed by atoms with van der Waals surface area (Å²) in [5, 5.41) is 2.96. The van der Waals surface area contributed by atoms with Crippen LogP contribution in [0.25, 0.3) is 0 Å². The minimum Gasteiger partial charge on any atom is -0.494 e. The lowest BCUT2D eigenvalue weighted by molar-refractivity contribution is -0.117. The third-order valence-corrected chi connectivity index (χ3v) is 5.18. The second-order valence-electron chi connectivity index (χ2n) is 7.43. The van der Waals surface area contributed by atoms with Gasteiger partial charge in [-0.1, -0.05) is 13.3 Å². The second kappa shape index (κ2) is 9.07. The van der Waals surface area contributed by atoms with Crippen LogP contribution in [0, 0.1) is 0 Å². The second-order valence-corrected chi connectivity index (χ2v) is 7.43. The van der Waals surface area contributed by atoms with Gasteiger partial charge in [0.2, 0.25) is 5.91 Å². The summed E-state index contributed by atoms with van der Waals surface area (Å²) in [5.74, 6) is 1.85. The van der Waals surface area contributed by atoms with Crippen LogP contribution in [0.1, 0.15) is 36.5 Å². The highest BCUT2D eigenvalue weighted by Crippen LogP contribution is 2.35. The van der Waals surface area contributed by atoms with Crippen LogP contribution >= 0.6 is 0 Å². The zero-order chi connectivity index (χ0) is 20.9. The predicted molar refractivity (Wildman–Crippen MR) is 113 cm³/mol. The summed E-state index contributed by atoms with van der Waals surface area (Å²) in [5.41, 5.74) is 1.29. The highest BCUT2D eigenvalue weighted by Gasteiger charge is 2.32. The molecule has 2 heterocycles. The molecule has 1 fully saturated rings. The summed E-state index contributed by atoms with van der Waals surface area (Å²) in [7, 11) is 0. The fourth-order valence-corrected chi connectivity index (χ4v) is 3.56. The van der Waals surface area contributed by atoms with Gasteiger partial charge < -0.3 is 24.4 Å². The Morgan fingerprint density at radius 3 is 2.67 bits per heavy atom. The van der Waals surface area contributed by atoms with Crippen molar-refractivity contribution in [1.82, 2.24) is 5.32 Å². The molecular formula is C23H26N2O5. The Morgan fingerprint density at radius 2 is 1.90 bits per heavy atom. The summed E-state index contributed by atoms with van der Waals surface area (Å²) in [6.07, 6.45) is 2.33. The van der Waals surface area contributed by atoms with Gasteiger partial charge in [-0.05, 0) is 42.8 Å². The Balaban J connectivity index is 1.35. The number of unbranched alkanes of at least 4 members (excludes halogenated alkanes) is 1. The minimum absolute atomic E-state index is 0.0309. The SMILES string of the molecule is CCCCOc1ccc(C(=O)NC2CC(=O)N(c3ccc4c(c3)OCCO4)C2)cc1. The number of carbonyl (C=O) groups is 2. The first-order valence-corrected chi connectivity index (χ1v) is 10.4. The standard InChI is InChI=1S/C23H26N2O5/c1-2-3-10-28-19-7-4-16(5-8-19)23(27)24-17-13-22(26)25(15-17)18-6-9-20-21(14-18)30-12-11-29-20/h4-9,14,17H,2-3,10-13,15H2,1H3,(H,24,27). The van der Waals surface area contributed by atoms with Crippen molar-refractivity contribution in [2.75, 3.05) is 31.3 Å². The first-order valence-electron chi connectivity index (χ1n) is 10.4. The number of hydrogen-bond acceptors (Lipinski definition) is 5. The first kappa shape index (κ1) is 20.1. The number of rotatable bonds is 7. The smallest absolute Gasteiger partial charge is 0.251 e. The van der Waals surface area contributed by atoms with E-state index < -0.39 is 0 Å². The molecule has 2 aromatic carbocycles. The van der Waals surface area contributed by atoms with E-state index in [-0.39, 0.29) is 24.3 Å². The fraction of sp³-hybridized carbons (Fsp3) is 0.391. The predicted octanol–water partition coefficient (Wildman–Crippen LogP) is 3.17. The molecule has 0 radical (unpaired) electrons. The number of hydrogen-bond donors (Lipinski definition) is 1. The largest absolute Gasteiger partial charge is 0.494 e. The maximum absolute atomic E-state index is 12.6. The van der Waals surface area contributed by atoms with E-state index >= 15 is 0 Å². The van der Waals surface area contributed by atoms with Gasteiger partial charge in [-0.15, -0.1) is 0 Å². The summed E-state index contributed by atoms with van der Waals surface area (Å²) >= 11 is 0. The van der Waals surface area contributed by atoms with Crippen LogP contribution in [0.4, 0.5) is 5.69 Å². The third kappa shape index (κ3) is 4.50. The Morgan fingerprint density at radius 1 is 1.13 bits per heavy atom. The van der Waals surface area contributed by atoms with Gasteiger partial charge in [0.25, 0.3) is 5.91 Å². The highest BCUT2D eigenvalue weighted by molar-refractivity contribution is 5.99. The van der Waals surface area contributed by atoms with Gasteiger partial charge in [0, 0.05) is 30.3 Å². The molecule has 0 spiro atoms. The van der Waals surface area contributed by atoms with Crippen LogP contribution < -0.4 is 24.4 Å². The van der Waals surface area contributed by atoms with E-state index in [1.54, 1.807) is 29.2 Å². The number of amides is 2. The molecule has 7 heteroatoms. The average molecular weight is 410 g/mol. The molecule has 2 aliphatic heterocycles. The van der Waals surface area contributed by atoms with E-state index in [1.807, 2.05) is 18.2 Å². The maximum Gasteiger partial charge on any atom is 0.251 e.